The number of benzene rings is 2. The summed E-state index contributed by atoms with van der Waals surface area (Å²) in [6.07, 6.45) is -3.72. The average molecular weight is 398 g/mol. The summed E-state index contributed by atoms with van der Waals surface area (Å²) in [6, 6.07) is 7.88. The van der Waals surface area contributed by atoms with Crippen LogP contribution in [-0.2, 0) is 12.7 Å². The molecule has 1 amide bonds. The van der Waals surface area contributed by atoms with E-state index in [0.29, 0.717) is 45.2 Å². The maximum Gasteiger partial charge on any atom is 0.416 e. The van der Waals surface area contributed by atoms with E-state index in [1.54, 1.807) is 0 Å². The van der Waals surface area contributed by atoms with Gasteiger partial charge in [-0.3, -0.25) is 9.69 Å². The van der Waals surface area contributed by atoms with Crippen molar-refractivity contribution in [2.24, 2.45) is 0 Å². The molecule has 8 heteroatoms. The number of carbonyl (C=O) groups is 1. The van der Waals surface area contributed by atoms with E-state index in [9.17, 15) is 26.7 Å². The molecule has 0 spiro atoms. The molecule has 2 aromatic carbocycles. The summed E-state index contributed by atoms with van der Waals surface area (Å²) in [5.74, 6) is -2.13. The van der Waals surface area contributed by atoms with Gasteiger partial charge in [0.25, 0.3) is 5.91 Å². The number of carbonyl (C=O) groups excluding carboxylic acids is 1. The van der Waals surface area contributed by atoms with Gasteiger partial charge in [-0.25, -0.2) is 8.78 Å². The lowest BCUT2D eigenvalue weighted by atomic mass is 10.1. The normalized spacial score (nSPS) is 16.1. The van der Waals surface area contributed by atoms with Gasteiger partial charge in [-0.2, -0.15) is 13.2 Å². The minimum absolute atomic E-state index is 0.169. The third-order valence-corrected chi connectivity index (χ3v) is 4.72. The highest BCUT2D eigenvalue weighted by molar-refractivity contribution is 5.94. The van der Waals surface area contributed by atoms with Crippen molar-refractivity contribution >= 4 is 5.91 Å². The summed E-state index contributed by atoms with van der Waals surface area (Å²) in [5.41, 5.74) is -0.111. The van der Waals surface area contributed by atoms with Gasteiger partial charge >= 0.3 is 6.18 Å². The van der Waals surface area contributed by atoms with Crippen molar-refractivity contribution in [3.05, 3.63) is 70.8 Å². The molecule has 0 saturated carbocycles. The molecule has 1 heterocycles. The minimum Gasteiger partial charge on any atom is -0.337 e. The van der Waals surface area contributed by atoms with E-state index in [2.05, 4.69) is 0 Å². The molecular weight excluding hydrogens is 379 g/mol. The molecular formula is C20H19F5N2O. The molecule has 0 unspecified atom stereocenters. The fraction of sp³-hybridized carbons (Fsp3) is 0.350. The molecule has 1 fully saturated rings. The Morgan fingerprint density at radius 2 is 1.64 bits per heavy atom. The highest BCUT2D eigenvalue weighted by atomic mass is 19.4. The summed E-state index contributed by atoms with van der Waals surface area (Å²) >= 11 is 0. The van der Waals surface area contributed by atoms with Crippen molar-refractivity contribution in [2.75, 3.05) is 26.2 Å². The van der Waals surface area contributed by atoms with Crippen LogP contribution in [-0.4, -0.2) is 41.9 Å². The first-order chi connectivity index (χ1) is 13.2. The van der Waals surface area contributed by atoms with Crippen molar-refractivity contribution in [1.82, 2.24) is 9.80 Å². The zero-order chi connectivity index (χ0) is 20.3. The van der Waals surface area contributed by atoms with Crippen molar-refractivity contribution in [1.29, 1.82) is 0 Å². The summed E-state index contributed by atoms with van der Waals surface area (Å²) < 4.78 is 64.8. The Hall–Kier alpha value is -2.48. The van der Waals surface area contributed by atoms with Gasteiger partial charge in [0.15, 0.2) is 0 Å². The first kappa shape index (κ1) is 20.3. The summed E-state index contributed by atoms with van der Waals surface area (Å²) in [6.45, 7) is 2.42. The van der Waals surface area contributed by atoms with E-state index in [1.807, 2.05) is 4.90 Å². The fourth-order valence-electron chi connectivity index (χ4n) is 3.22. The zero-order valence-corrected chi connectivity index (χ0v) is 15.0. The molecule has 0 atom stereocenters. The van der Waals surface area contributed by atoms with Gasteiger partial charge in [0, 0.05) is 38.8 Å². The van der Waals surface area contributed by atoms with Crippen LogP contribution in [0.2, 0.25) is 0 Å². The van der Waals surface area contributed by atoms with Gasteiger partial charge in [0.05, 0.1) is 11.1 Å². The molecule has 0 aliphatic carbocycles. The van der Waals surface area contributed by atoms with E-state index in [-0.39, 0.29) is 5.56 Å². The highest BCUT2D eigenvalue weighted by Crippen LogP contribution is 2.29. The van der Waals surface area contributed by atoms with Crippen molar-refractivity contribution < 1.29 is 26.7 Å². The molecule has 1 aliphatic rings. The van der Waals surface area contributed by atoms with Gasteiger partial charge in [-0.1, -0.05) is 12.1 Å². The fourth-order valence-corrected chi connectivity index (χ4v) is 3.22. The van der Waals surface area contributed by atoms with Gasteiger partial charge in [0.2, 0.25) is 0 Å². The Balaban J connectivity index is 1.61. The lowest BCUT2D eigenvalue weighted by Crippen LogP contribution is -2.35. The van der Waals surface area contributed by atoms with Crippen LogP contribution in [0.3, 0.4) is 0 Å². The third-order valence-electron chi connectivity index (χ3n) is 4.72. The van der Waals surface area contributed by atoms with E-state index < -0.39 is 29.3 Å². The number of hydrogen-bond donors (Lipinski definition) is 0. The molecule has 3 nitrogen and oxygen atoms in total. The standard InChI is InChI=1S/C20H19F5N2O/c21-16-6-7-17(18(22)12-16)19(28)27-9-1-8-26(10-11-27)13-14-2-4-15(5-3-14)20(23,24)25/h2-7,12H,1,8-11,13H2. The van der Waals surface area contributed by atoms with Crippen molar-refractivity contribution in [2.45, 2.75) is 19.1 Å². The maximum atomic E-state index is 13.9. The van der Waals surface area contributed by atoms with E-state index in [1.165, 1.54) is 17.0 Å². The number of rotatable bonds is 3. The molecule has 0 aromatic heterocycles. The average Bonchev–Trinajstić information content (AvgIpc) is 2.86. The predicted octanol–water partition coefficient (Wildman–Crippen LogP) is 4.33. The SMILES string of the molecule is O=C(c1ccc(F)cc1F)N1CCCN(Cc2ccc(C(F)(F)F)cc2)CC1. The molecule has 0 bridgehead atoms. The monoisotopic (exact) mass is 398 g/mol. The Labute approximate surface area is 159 Å². The Morgan fingerprint density at radius 1 is 0.929 bits per heavy atom. The van der Waals surface area contributed by atoms with Gasteiger partial charge in [-0.15, -0.1) is 0 Å². The van der Waals surface area contributed by atoms with Crippen LogP contribution in [0, 0.1) is 11.6 Å². The predicted molar refractivity (Wildman–Crippen MR) is 93.6 cm³/mol. The van der Waals surface area contributed by atoms with Crippen LogP contribution in [0.25, 0.3) is 0 Å². The Morgan fingerprint density at radius 3 is 2.29 bits per heavy atom. The highest BCUT2D eigenvalue weighted by Gasteiger charge is 2.30. The second-order valence-electron chi connectivity index (χ2n) is 6.74. The minimum atomic E-state index is -4.36. The second kappa shape index (κ2) is 8.26. The molecule has 1 aliphatic heterocycles. The van der Waals surface area contributed by atoms with Crippen molar-refractivity contribution in [3.8, 4) is 0 Å². The van der Waals surface area contributed by atoms with Crippen LogP contribution >= 0.6 is 0 Å². The molecule has 0 N–H and O–H groups in total. The first-order valence-corrected chi connectivity index (χ1v) is 8.87. The van der Waals surface area contributed by atoms with Crippen LogP contribution < -0.4 is 0 Å². The first-order valence-electron chi connectivity index (χ1n) is 8.87. The van der Waals surface area contributed by atoms with Crippen molar-refractivity contribution in [3.63, 3.8) is 0 Å². The molecule has 0 radical (unpaired) electrons. The van der Waals surface area contributed by atoms with E-state index >= 15 is 0 Å². The lowest BCUT2D eigenvalue weighted by Gasteiger charge is -2.22. The smallest absolute Gasteiger partial charge is 0.337 e. The molecule has 3 rings (SSSR count). The number of hydrogen-bond acceptors (Lipinski definition) is 2. The topological polar surface area (TPSA) is 23.6 Å². The quantitative estimate of drug-likeness (QED) is 0.719. The third kappa shape index (κ3) is 4.86. The number of amides is 1. The molecule has 28 heavy (non-hydrogen) atoms. The van der Waals surface area contributed by atoms with Crippen LogP contribution in [0.1, 0.15) is 27.9 Å². The number of nitrogens with zero attached hydrogens (tertiary/aromatic N) is 2. The van der Waals surface area contributed by atoms with Gasteiger partial charge in [-0.05, 0) is 36.2 Å². The Kier molecular flexibility index (Phi) is 5.98. The maximum absolute atomic E-state index is 13.9. The summed E-state index contributed by atoms with van der Waals surface area (Å²) in [5, 5.41) is 0. The summed E-state index contributed by atoms with van der Waals surface area (Å²) in [7, 11) is 0. The molecule has 150 valence electrons. The largest absolute Gasteiger partial charge is 0.416 e. The number of halogens is 5. The Bertz CT molecular complexity index is 835. The lowest BCUT2D eigenvalue weighted by molar-refractivity contribution is -0.137. The van der Waals surface area contributed by atoms with Gasteiger partial charge < -0.3 is 4.90 Å². The number of alkyl halides is 3. The van der Waals surface area contributed by atoms with E-state index in [4.69, 9.17) is 0 Å². The molecule has 1 saturated heterocycles. The van der Waals surface area contributed by atoms with Crippen LogP contribution in [0.15, 0.2) is 42.5 Å². The molecule has 2 aromatic rings. The van der Waals surface area contributed by atoms with Crippen LogP contribution in [0.4, 0.5) is 22.0 Å². The van der Waals surface area contributed by atoms with Crippen LogP contribution in [0.5, 0.6) is 0 Å². The summed E-state index contributed by atoms with van der Waals surface area (Å²) in [4.78, 5) is 16.1. The van der Waals surface area contributed by atoms with E-state index in [0.717, 1.165) is 29.8 Å². The van der Waals surface area contributed by atoms with Gasteiger partial charge in [0.1, 0.15) is 11.6 Å². The second-order valence-corrected chi connectivity index (χ2v) is 6.74. The zero-order valence-electron chi connectivity index (χ0n) is 15.0.